The zero-order valence-corrected chi connectivity index (χ0v) is 14.8. The van der Waals surface area contributed by atoms with Gasteiger partial charge in [-0.1, -0.05) is 6.07 Å². The fourth-order valence-electron chi connectivity index (χ4n) is 3.76. The Balaban J connectivity index is 1.57. The van der Waals surface area contributed by atoms with Gasteiger partial charge in [-0.2, -0.15) is 5.10 Å². The third kappa shape index (κ3) is 2.70. The number of carbonyl (C=O) groups is 1. The molecule has 26 heavy (non-hydrogen) atoms. The molecular weight excluding hydrogens is 335 g/mol. The Bertz CT molecular complexity index is 853. The average molecular weight is 356 g/mol. The molecule has 0 radical (unpaired) electrons. The molecule has 1 saturated heterocycles. The molecule has 4 rings (SSSR count). The molecule has 0 unspecified atom stereocenters. The van der Waals surface area contributed by atoms with Crippen LogP contribution in [0, 0.1) is 5.82 Å². The highest BCUT2D eigenvalue weighted by Gasteiger charge is 2.48. The lowest BCUT2D eigenvalue weighted by Gasteiger charge is -2.32. The molecule has 1 amide bonds. The van der Waals surface area contributed by atoms with Gasteiger partial charge in [-0.15, -0.1) is 0 Å². The molecule has 7 nitrogen and oxygen atoms in total. The number of amides is 1. The van der Waals surface area contributed by atoms with Gasteiger partial charge in [0.05, 0.1) is 18.4 Å². The van der Waals surface area contributed by atoms with E-state index in [1.54, 1.807) is 17.2 Å². The van der Waals surface area contributed by atoms with Gasteiger partial charge in [0.25, 0.3) is 5.91 Å². The SMILES string of the molecule is CC1=NC2(CCNCC2)C(=O)N1[C@@H](C)c1ccc(-n2cc(F)cn2)nc1. The lowest BCUT2D eigenvalue weighted by molar-refractivity contribution is -0.133. The van der Waals surface area contributed by atoms with Crippen molar-refractivity contribution in [2.75, 3.05) is 13.1 Å². The summed E-state index contributed by atoms with van der Waals surface area (Å²) in [6.45, 7) is 5.48. The highest BCUT2D eigenvalue weighted by molar-refractivity contribution is 6.07. The Morgan fingerprint density at radius 1 is 1.27 bits per heavy atom. The first kappa shape index (κ1) is 16.8. The van der Waals surface area contributed by atoms with Gasteiger partial charge in [0.15, 0.2) is 11.6 Å². The minimum atomic E-state index is -0.608. The first-order chi connectivity index (χ1) is 12.5. The number of nitrogens with zero attached hydrogens (tertiary/aromatic N) is 5. The molecule has 2 aromatic rings. The second-order valence-corrected chi connectivity index (χ2v) is 6.84. The van der Waals surface area contributed by atoms with Gasteiger partial charge >= 0.3 is 0 Å². The van der Waals surface area contributed by atoms with Crippen LogP contribution >= 0.6 is 0 Å². The van der Waals surface area contributed by atoms with Crippen LogP contribution in [0.3, 0.4) is 0 Å². The molecule has 1 N–H and O–H groups in total. The number of rotatable bonds is 3. The Kier molecular flexibility index (Phi) is 4.07. The van der Waals surface area contributed by atoms with Gasteiger partial charge in [0.2, 0.25) is 0 Å². The quantitative estimate of drug-likeness (QED) is 0.911. The predicted molar refractivity (Wildman–Crippen MR) is 94.5 cm³/mol. The highest BCUT2D eigenvalue weighted by atomic mass is 19.1. The van der Waals surface area contributed by atoms with Gasteiger partial charge in [0.1, 0.15) is 11.4 Å². The van der Waals surface area contributed by atoms with E-state index in [4.69, 9.17) is 4.99 Å². The van der Waals surface area contributed by atoms with Crippen molar-refractivity contribution in [1.29, 1.82) is 0 Å². The molecule has 2 aromatic heterocycles. The average Bonchev–Trinajstić information content (AvgIpc) is 3.17. The lowest BCUT2D eigenvalue weighted by Crippen LogP contribution is -2.49. The first-order valence-electron chi connectivity index (χ1n) is 8.77. The standard InChI is InChI=1S/C18H21FN6O/c1-12(14-3-4-16(21-9-14)24-11-15(19)10-22-24)25-13(2)23-18(17(25)26)5-7-20-8-6-18/h3-4,9-12,20H,5-8H2,1-2H3/t12-/m0/s1. The van der Waals surface area contributed by atoms with E-state index in [-0.39, 0.29) is 11.9 Å². The number of carbonyl (C=O) groups excluding carboxylic acids is 1. The fraction of sp³-hybridized carbons (Fsp3) is 0.444. The van der Waals surface area contributed by atoms with Crippen molar-refractivity contribution >= 4 is 11.7 Å². The Labute approximate surface area is 150 Å². The van der Waals surface area contributed by atoms with E-state index in [0.717, 1.165) is 43.5 Å². The molecule has 4 heterocycles. The molecular formula is C18H21FN6O. The largest absolute Gasteiger partial charge is 0.317 e. The third-order valence-electron chi connectivity index (χ3n) is 5.20. The Hall–Kier alpha value is -2.61. The van der Waals surface area contributed by atoms with Crippen molar-refractivity contribution in [2.24, 2.45) is 4.99 Å². The van der Waals surface area contributed by atoms with Crippen LogP contribution in [0.25, 0.3) is 5.82 Å². The number of aromatic nitrogens is 3. The summed E-state index contributed by atoms with van der Waals surface area (Å²) in [5.41, 5.74) is 0.291. The molecule has 1 spiro atoms. The van der Waals surface area contributed by atoms with Crippen LogP contribution < -0.4 is 5.32 Å². The third-order valence-corrected chi connectivity index (χ3v) is 5.20. The zero-order chi connectivity index (χ0) is 18.3. The first-order valence-corrected chi connectivity index (χ1v) is 8.77. The monoisotopic (exact) mass is 356 g/mol. The van der Waals surface area contributed by atoms with Crippen LogP contribution in [0.1, 0.15) is 38.3 Å². The number of halogens is 1. The van der Waals surface area contributed by atoms with Gasteiger partial charge in [-0.05, 0) is 51.4 Å². The number of aliphatic imine (C=N–C) groups is 1. The Morgan fingerprint density at radius 3 is 2.65 bits per heavy atom. The van der Waals surface area contributed by atoms with E-state index in [1.807, 2.05) is 19.9 Å². The summed E-state index contributed by atoms with van der Waals surface area (Å²) in [6.07, 6.45) is 5.57. The summed E-state index contributed by atoms with van der Waals surface area (Å²) >= 11 is 0. The lowest BCUT2D eigenvalue weighted by atomic mass is 9.88. The summed E-state index contributed by atoms with van der Waals surface area (Å²) in [7, 11) is 0. The van der Waals surface area contributed by atoms with Gasteiger partial charge in [0, 0.05) is 6.20 Å². The molecule has 0 bridgehead atoms. The van der Waals surface area contributed by atoms with Crippen molar-refractivity contribution in [1.82, 2.24) is 25.0 Å². The van der Waals surface area contributed by atoms with E-state index >= 15 is 0 Å². The minimum Gasteiger partial charge on any atom is -0.317 e. The molecule has 0 saturated carbocycles. The smallest absolute Gasteiger partial charge is 0.256 e. The molecule has 2 aliphatic rings. The van der Waals surface area contributed by atoms with Crippen molar-refractivity contribution in [2.45, 2.75) is 38.3 Å². The molecule has 1 fully saturated rings. The fourth-order valence-corrected chi connectivity index (χ4v) is 3.76. The van der Waals surface area contributed by atoms with Gasteiger partial charge < -0.3 is 5.32 Å². The van der Waals surface area contributed by atoms with Gasteiger partial charge in [-0.25, -0.2) is 14.1 Å². The van der Waals surface area contributed by atoms with Crippen molar-refractivity contribution in [3.05, 3.63) is 42.1 Å². The van der Waals surface area contributed by atoms with Crippen LogP contribution in [0.15, 0.2) is 35.7 Å². The normalized spacial score (nSPS) is 20.5. The molecule has 0 aromatic carbocycles. The number of hydrogen-bond donors (Lipinski definition) is 1. The number of pyridine rings is 1. The molecule has 0 aliphatic carbocycles. The van der Waals surface area contributed by atoms with E-state index < -0.39 is 11.4 Å². The summed E-state index contributed by atoms with van der Waals surface area (Å²) in [4.78, 5) is 24.0. The van der Waals surface area contributed by atoms with Crippen LogP contribution in [-0.4, -0.2) is 50.0 Å². The van der Waals surface area contributed by atoms with E-state index in [1.165, 1.54) is 10.9 Å². The summed E-state index contributed by atoms with van der Waals surface area (Å²) in [5, 5.41) is 7.19. The van der Waals surface area contributed by atoms with Crippen molar-refractivity contribution < 1.29 is 9.18 Å². The minimum absolute atomic E-state index is 0.0715. The predicted octanol–water partition coefficient (Wildman–Crippen LogP) is 1.85. The number of nitrogens with one attached hydrogen (secondary N) is 1. The van der Waals surface area contributed by atoms with Crippen LogP contribution in [0.5, 0.6) is 0 Å². The van der Waals surface area contributed by atoms with Crippen LogP contribution in [-0.2, 0) is 4.79 Å². The number of piperidine rings is 1. The molecule has 8 heteroatoms. The van der Waals surface area contributed by atoms with Crippen LogP contribution in [0.2, 0.25) is 0 Å². The topological polar surface area (TPSA) is 75.4 Å². The highest BCUT2D eigenvalue weighted by Crippen LogP contribution is 2.36. The molecule has 136 valence electrons. The second kappa shape index (κ2) is 6.28. The van der Waals surface area contributed by atoms with E-state index in [0.29, 0.717) is 5.82 Å². The van der Waals surface area contributed by atoms with E-state index in [2.05, 4.69) is 15.4 Å². The Morgan fingerprint density at radius 2 is 2.04 bits per heavy atom. The van der Waals surface area contributed by atoms with Crippen LogP contribution in [0.4, 0.5) is 4.39 Å². The van der Waals surface area contributed by atoms with E-state index in [9.17, 15) is 9.18 Å². The van der Waals surface area contributed by atoms with Crippen molar-refractivity contribution in [3.63, 3.8) is 0 Å². The van der Waals surface area contributed by atoms with Crippen molar-refractivity contribution in [3.8, 4) is 5.82 Å². The maximum absolute atomic E-state index is 13.1. The summed E-state index contributed by atoms with van der Waals surface area (Å²) in [6, 6.07) is 3.49. The van der Waals surface area contributed by atoms with Gasteiger partial charge in [-0.3, -0.25) is 14.7 Å². The number of hydrogen-bond acceptors (Lipinski definition) is 5. The maximum Gasteiger partial charge on any atom is 0.256 e. The summed E-state index contributed by atoms with van der Waals surface area (Å²) in [5.74, 6) is 0.939. The molecule has 2 aliphatic heterocycles. The second-order valence-electron chi connectivity index (χ2n) is 6.84. The zero-order valence-electron chi connectivity index (χ0n) is 14.8. The maximum atomic E-state index is 13.1. The molecule has 1 atom stereocenters. The number of amidine groups is 1. The summed E-state index contributed by atoms with van der Waals surface area (Å²) < 4.78 is 14.5.